The summed E-state index contributed by atoms with van der Waals surface area (Å²) in [5.74, 6) is -0.0444. The van der Waals surface area contributed by atoms with Gasteiger partial charge in [-0.2, -0.15) is 0 Å². The Bertz CT molecular complexity index is 380. The molecule has 100 valence electrons. The zero-order chi connectivity index (χ0) is 13.5. The molecule has 1 N–H and O–H groups in total. The summed E-state index contributed by atoms with van der Waals surface area (Å²) in [5.41, 5.74) is 0.956. The number of ether oxygens (including phenoxy) is 1. The molecule has 0 saturated carbocycles. The Kier molecular flexibility index (Phi) is 5.95. The number of aliphatic carboxylic acids is 1. The molecule has 1 aromatic carbocycles. The van der Waals surface area contributed by atoms with Crippen molar-refractivity contribution in [1.29, 1.82) is 0 Å². The second-order valence-corrected chi connectivity index (χ2v) is 4.59. The molecule has 0 heterocycles. The van der Waals surface area contributed by atoms with E-state index in [1.54, 1.807) is 11.9 Å². The van der Waals surface area contributed by atoms with E-state index in [1.165, 1.54) is 0 Å². The number of carbonyl (C=O) groups is 1. The Labute approximate surface area is 112 Å². The van der Waals surface area contributed by atoms with Gasteiger partial charge in [0.2, 0.25) is 0 Å². The summed E-state index contributed by atoms with van der Waals surface area (Å²) >= 11 is 6.24. The molecular formula is C13H18ClNO3. The zero-order valence-corrected chi connectivity index (χ0v) is 11.4. The average molecular weight is 272 g/mol. The number of carboxylic acids is 1. The minimum Gasteiger partial charge on any atom is -0.494 e. The van der Waals surface area contributed by atoms with E-state index < -0.39 is 5.97 Å². The van der Waals surface area contributed by atoms with E-state index in [1.807, 2.05) is 31.2 Å². The second kappa shape index (κ2) is 7.24. The number of halogens is 1. The monoisotopic (exact) mass is 271 g/mol. The van der Waals surface area contributed by atoms with E-state index in [0.29, 0.717) is 13.2 Å². The Balaban J connectivity index is 2.55. The molecule has 1 unspecified atom stereocenters. The molecule has 0 spiro atoms. The highest BCUT2D eigenvalue weighted by molar-refractivity contribution is 6.21. The largest absolute Gasteiger partial charge is 0.494 e. The van der Waals surface area contributed by atoms with E-state index in [4.69, 9.17) is 21.4 Å². The number of hydrogen-bond acceptors (Lipinski definition) is 3. The molecule has 1 atom stereocenters. The van der Waals surface area contributed by atoms with E-state index >= 15 is 0 Å². The van der Waals surface area contributed by atoms with E-state index in [-0.39, 0.29) is 11.9 Å². The van der Waals surface area contributed by atoms with Crippen molar-refractivity contribution in [2.45, 2.75) is 12.3 Å². The summed E-state index contributed by atoms with van der Waals surface area (Å²) in [6, 6.07) is 7.53. The van der Waals surface area contributed by atoms with Crippen LogP contribution in [0, 0.1) is 0 Å². The maximum absolute atomic E-state index is 10.5. The van der Waals surface area contributed by atoms with Gasteiger partial charge in [-0.05, 0) is 31.7 Å². The van der Waals surface area contributed by atoms with Crippen molar-refractivity contribution >= 4 is 17.6 Å². The second-order valence-electron chi connectivity index (χ2n) is 4.06. The van der Waals surface area contributed by atoms with Crippen LogP contribution in [0.3, 0.4) is 0 Å². The SMILES string of the molecule is CCOc1ccc(C(Cl)CN(C)CC(=O)O)cc1. The Morgan fingerprint density at radius 3 is 2.56 bits per heavy atom. The first kappa shape index (κ1) is 14.8. The molecule has 0 bridgehead atoms. The first-order chi connectivity index (χ1) is 8.52. The van der Waals surface area contributed by atoms with Gasteiger partial charge >= 0.3 is 5.97 Å². The van der Waals surface area contributed by atoms with E-state index in [9.17, 15) is 4.79 Å². The fraction of sp³-hybridized carbons (Fsp3) is 0.462. The number of rotatable bonds is 7. The van der Waals surface area contributed by atoms with Crippen LogP contribution >= 0.6 is 11.6 Å². The fourth-order valence-electron chi connectivity index (χ4n) is 1.61. The van der Waals surface area contributed by atoms with Crippen LogP contribution in [0.25, 0.3) is 0 Å². The van der Waals surface area contributed by atoms with Crippen molar-refractivity contribution in [3.05, 3.63) is 29.8 Å². The minimum absolute atomic E-state index is 0.0136. The van der Waals surface area contributed by atoms with Crippen LogP contribution in [0.4, 0.5) is 0 Å². The lowest BCUT2D eigenvalue weighted by atomic mass is 10.1. The van der Waals surface area contributed by atoms with Gasteiger partial charge in [-0.3, -0.25) is 9.69 Å². The number of benzene rings is 1. The van der Waals surface area contributed by atoms with Crippen molar-refractivity contribution < 1.29 is 14.6 Å². The Hall–Kier alpha value is -1.26. The van der Waals surface area contributed by atoms with Gasteiger partial charge < -0.3 is 9.84 Å². The van der Waals surface area contributed by atoms with E-state index in [2.05, 4.69) is 0 Å². The number of carboxylic acid groups (broad SMARTS) is 1. The van der Waals surface area contributed by atoms with Crippen molar-refractivity contribution in [2.24, 2.45) is 0 Å². The first-order valence-electron chi connectivity index (χ1n) is 5.80. The van der Waals surface area contributed by atoms with Crippen molar-refractivity contribution in [3.63, 3.8) is 0 Å². The Morgan fingerprint density at radius 2 is 2.06 bits per heavy atom. The van der Waals surface area contributed by atoms with Gasteiger partial charge in [0.05, 0.1) is 18.5 Å². The van der Waals surface area contributed by atoms with Gasteiger partial charge in [0.15, 0.2) is 0 Å². The number of alkyl halides is 1. The number of nitrogens with zero attached hydrogens (tertiary/aromatic N) is 1. The molecule has 0 amide bonds. The lowest BCUT2D eigenvalue weighted by molar-refractivity contribution is -0.137. The third-order valence-electron chi connectivity index (χ3n) is 2.43. The molecule has 0 aromatic heterocycles. The van der Waals surface area contributed by atoms with Gasteiger partial charge in [-0.25, -0.2) is 0 Å². The van der Waals surface area contributed by atoms with Crippen LogP contribution in [-0.2, 0) is 4.79 Å². The van der Waals surface area contributed by atoms with Crippen molar-refractivity contribution in [1.82, 2.24) is 4.90 Å². The average Bonchev–Trinajstić information content (AvgIpc) is 2.29. The van der Waals surface area contributed by atoms with Crippen LogP contribution in [0.1, 0.15) is 17.9 Å². The molecule has 5 heteroatoms. The highest BCUT2D eigenvalue weighted by Gasteiger charge is 2.13. The normalized spacial score (nSPS) is 12.4. The fourth-order valence-corrected chi connectivity index (χ4v) is 2.00. The molecule has 0 radical (unpaired) electrons. The molecule has 0 aliphatic heterocycles. The quantitative estimate of drug-likeness (QED) is 0.774. The van der Waals surface area contributed by atoms with Crippen LogP contribution in [0.2, 0.25) is 0 Å². The lowest BCUT2D eigenvalue weighted by Crippen LogP contribution is -2.28. The number of hydrogen-bond donors (Lipinski definition) is 1. The molecule has 4 nitrogen and oxygen atoms in total. The summed E-state index contributed by atoms with van der Waals surface area (Å²) in [4.78, 5) is 12.2. The van der Waals surface area contributed by atoms with Gasteiger partial charge in [-0.15, -0.1) is 11.6 Å². The Morgan fingerprint density at radius 1 is 1.44 bits per heavy atom. The van der Waals surface area contributed by atoms with Crippen molar-refractivity contribution in [2.75, 3.05) is 26.7 Å². The zero-order valence-electron chi connectivity index (χ0n) is 10.6. The third-order valence-corrected chi connectivity index (χ3v) is 2.82. The van der Waals surface area contributed by atoms with Crippen LogP contribution in [-0.4, -0.2) is 42.7 Å². The molecule has 0 aliphatic rings. The molecule has 0 fully saturated rings. The molecule has 0 aliphatic carbocycles. The van der Waals surface area contributed by atoms with Gasteiger partial charge in [0.25, 0.3) is 0 Å². The van der Waals surface area contributed by atoms with Gasteiger partial charge in [0.1, 0.15) is 5.75 Å². The molecule has 1 rings (SSSR count). The topological polar surface area (TPSA) is 49.8 Å². The van der Waals surface area contributed by atoms with Crippen LogP contribution < -0.4 is 4.74 Å². The highest BCUT2D eigenvalue weighted by Crippen LogP contribution is 2.23. The maximum Gasteiger partial charge on any atom is 0.317 e. The predicted octanol–water partition coefficient (Wildman–Crippen LogP) is 2.38. The summed E-state index contributed by atoms with van der Waals surface area (Å²) < 4.78 is 5.34. The molecule has 1 aromatic rings. The first-order valence-corrected chi connectivity index (χ1v) is 6.23. The number of likely N-dealkylation sites (N-methyl/N-ethyl adjacent to an activating group) is 1. The molecule has 18 heavy (non-hydrogen) atoms. The maximum atomic E-state index is 10.5. The van der Waals surface area contributed by atoms with E-state index in [0.717, 1.165) is 11.3 Å². The van der Waals surface area contributed by atoms with Crippen LogP contribution in [0.15, 0.2) is 24.3 Å². The summed E-state index contributed by atoms with van der Waals surface area (Å²) in [5, 5.41) is 8.43. The highest BCUT2D eigenvalue weighted by atomic mass is 35.5. The van der Waals surface area contributed by atoms with Gasteiger partial charge in [-0.1, -0.05) is 12.1 Å². The van der Waals surface area contributed by atoms with Crippen molar-refractivity contribution in [3.8, 4) is 5.75 Å². The predicted molar refractivity (Wildman–Crippen MR) is 71.3 cm³/mol. The molecule has 0 saturated heterocycles. The summed E-state index contributed by atoms with van der Waals surface area (Å²) in [6.45, 7) is 3.03. The lowest BCUT2D eigenvalue weighted by Gasteiger charge is -2.18. The summed E-state index contributed by atoms with van der Waals surface area (Å²) in [6.07, 6.45) is 0. The smallest absolute Gasteiger partial charge is 0.317 e. The van der Waals surface area contributed by atoms with Gasteiger partial charge in [0, 0.05) is 6.54 Å². The standard InChI is InChI=1S/C13H18ClNO3/c1-3-18-11-6-4-10(5-7-11)12(14)8-15(2)9-13(16)17/h4-7,12H,3,8-9H2,1-2H3,(H,16,17). The molecular weight excluding hydrogens is 254 g/mol. The third kappa shape index (κ3) is 4.94. The minimum atomic E-state index is -0.854. The van der Waals surface area contributed by atoms with Crippen LogP contribution in [0.5, 0.6) is 5.75 Å². The summed E-state index contributed by atoms with van der Waals surface area (Å²) in [7, 11) is 1.73.